The third-order valence-electron chi connectivity index (χ3n) is 5.00. The van der Waals surface area contributed by atoms with Crippen LogP contribution in [0.4, 0.5) is 0 Å². The lowest BCUT2D eigenvalue weighted by Crippen LogP contribution is -2.11. The lowest BCUT2D eigenvalue weighted by molar-refractivity contribution is -0.117. The topological polar surface area (TPSA) is 106 Å². The van der Waals surface area contributed by atoms with Crippen LogP contribution < -0.4 is 0 Å². The number of azide groups is 1. The van der Waals surface area contributed by atoms with Crippen LogP contribution in [0.2, 0.25) is 0 Å². The van der Waals surface area contributed by atoms with Crippen LogP contribution in [0.5, 0.6) is 0 Å². The number of ether oxygens (including phenoxy) is 3. The summed E-state index contributed by atoms with van der Waals surface area (Å²) in [6, 6.07) is 10.4. The molecule has 1 aliphatic rings. The predicted molar refractivity (Wildman–Crippen MR) is 117 cm³/mol. The highest BCUT2D eigenvalue weighted by Crippen LogP contribution is 2.27. The summed E-state index contributed by atoms with van der Waals surface area (Å²) in [4.78, 5) is 18.8. The molecule has 3 rings (SSSR count). The second-order valence-electron chi connectivity index (χ2n) is 7.31. The average Bonchev–Trinajstić information content (AvgIpc) is 3.16. The number of hydrogen-bond acceptors (Lipinski definition) is 6. The third-order valence-corrected chi connectivity index (χ3v) is 5.00. The van der Waals surface area contributed by atoms with E-state index in [-0.39, 0.29) is 0 Å². The van der Waals surface area contributed by atoms with Crippen molar-refractivity contribution in [1.82, 2.24) is 4.98 Å². The van der Waals surface area contributed by atoms with E-state index >= 15 is 0 Å². The Morgan fingerprint density at radius 3 is 2.42 bits per heavy atom. The molecule has 0 N–H and O–H groups in total. The first-order valence-corrected chi connectivity index (χ1v) is 10.6. The van der Waals surface area contributed by atoms with Gasteiger partial charge in [0, 0.05) is 42.8 Å². The van der Waals surface area contributed by atoms with Gasteiger partial charge in [-0.25, -0.2) is 0 Å². The first-order chi connectivity index (χ1) is 15.3. The molecule has 0 atom stereocenters. The van der Waals surface area contributed by atoms with Crippen molar-refractivity contribution in [3.05, 3.63) is 63.8 Å². The van der Waals surface area contributed by atoms with Crippen molar-refractivity contribution >= 4 is 5.78 Å². The summed E-state index contributed by atoms with van der Waals surface area (Å²) in [7, 11) is 0. The van der Waals surface area contributed by atoms with Crippen LogP contribution in [0, 0.1) is 0 Å². The van der Waals surface area contributed by atoms with Crippen LogP contribution in [0.3, 0.4) is 0 Å². The average molecular weight is 425 g/mol. The SMILES string of the molecule is [N-]=[N+]=NCCOCCOCCOCCCc1cc(-c2ccc3c(c2)CC(=O)C3)ccn1. The van der Waals surface area contributed by atoms with Gasteiger partial charge in [-0.1, -0.05) is 23.3 Å². The quantitative estimate of drug-likeness (QED) is 0.199. The van der Waals surface area contributed by atoms with Gasteiger partial charge in [0.15, 0.2) is 0 Å². The van der Waals surface area contributed by atoms with Crippen molar-refractivity contribution in [2.45, 2.75) is 25.7 Å². The van der Waals surface area contributed by atoms with Crippen LogP contribution in [0.15, 0.2) is 41.6 Å². The molecule has 1 aromatic carbocycles. The number of carbonyl (C=O) groups is 1. The monoisotopic (exact) mass is 424 g/mol. The number of carbonyl (C=O) groups excluding carboxylic acids is 1. The highest BCUT2D eigenvalue weighted by molar-refractivity contribution is 5.88. The van der Waals surface area contributed by atoms with Gasteiger partial charge in [0.05, 0.1) is 33.0 Å². The molecule has 0 amide bonds. The second-order valence-corrected chi connectivity index (χ2v) is 7.31. The largest absolute Gasteiger partial charge is 0.379 e. The third kappa shape index (κ3) is 7.77. The number of ketones is 1. The number of pyridine rings is 1. The lowest BCUT2D eigenvalue weighted by atomic mass is 10.0. The molecular weight excluding hydrogens is 396 g/mol. The van der Waals surface area contributed by atoms with Crippen LogP contribution >= 0.6 is 0 Å². The number of nitrogens with zero attached hydrogens (tertiary/aromatic N) is 4. The van der Waals surface area contributed by atoms with Crippen molar-refractivity contribution in [3.63, 3.8) is 0 Å². The summed E-state index contributed by atoms with van der Waals surface area (Å²) in [5, 5.41) is 3.38. The zero-order valence-corrected chi connectivity index (χ0v) is 17.7. The predicted octanol–water partition coefficient (Wildman–Crippen LogP) is 3.71. The van der Waals surface area contributed by atoms with Gasteiger partial charge < -0.3 is 14.2 Å². The van der Waals surface area contributed by atoms with Crippen molar-refractivity contribution in [2.24, 2.45) is 5.11 Å². The van der Waals surface area contributed by atoms with E-state index in [0.29, 0.717) is 64.8 Å². The Balaban J connectivity index is 1.29. The van der Waals surface area contributed by atoms with E-state index in [1.165, 1.54) is 0 Å². The minimum absolute atomic E-state index is 0.295. The molecule has 31 heavy (non-hydrogen) atoms. The molecular formula is C23H28N4O4. The number of rotatable bonds is 14. The van der Waals surface area contributed by atoms with Crippen molar-refractivity contribution in [3.8, 4) is 11.1 Å². The maximum atomic E-state index is 11.7. The summed E-state index contributed by atoms with van der Waals surface area (Å²) in [6.07, 6.45) is 4.68. The zero-order valence-electron chi connectivity index (χ0n) is 17.7. The van der Waals surface area contributed by atoms with E-state index in [0.717, 1.165) is 40.8 Å². The number of aromatic nitrogens is 1. The molecule has 0 unspecified atom stereocenters. The molecule has 164 valence electrons. The van der Waals surface area contributed by atoms with Crippen LogP contribution in [-0.4, -0.2) is 57.0 Å². The first kappa shape index (κ1) is 22.9. The Kier molecular flexibility index (Phi) is 9.47. The minimum atomic E-state index is 0.295. The molecule has 1 aliphatic carbocycles. The molecule has 0 spiro atoms. The Morgan fingerprint density at radius 1 is 0.903 bits per heavy atom. The van der Waals surface area contributed by atoms with E-state index in [4.69, 9.17) is 19.7 Å². The molecule has 2 aromatic rings. The van der Waals surface area contributed by atoms with Gasteiger partial charge in [-0.2, -0.15) is 0 Å². The molecule has 8 heteroatoms. The standard InChI is InChI=1S/C23H28N4O4/c24-27-26-7-9-30-11-13-31-12-10-29-8-1-2-22-15-20(5-6-25-22)18-3-4-19-16-23(28)17-21(19)14-18/h3-6,14-15H,1-2,7-13,16-17H2. The minimum Gasteiger partial charge on any atom is -0.379 e. The summed E-state index contributed by atoms with van der Waals surface area (Å²) >= 11 is 0. The number of Topliss-reactive ketones (excluding diaryl/α,β-unsaturated/α-hetero) is 1. The summed E-state index contributed by atoms with van der Waals surface area (Å²) in [6.45, 7) is 3.43. The summed E-state index contributed by atoms with van der Waals surface area (Å²) in [5.41, 5.74) is 13.7. The van der Waals surface area contributed by atoms with E-state index in [2.05, 4.69) is 39.3 Å². The number of hydrogen-bond donors (Lipinski definition) is 0. The molecule has 8 nitrogen and oxygen atoms in total. The van der Waals surface area contributed by atoms with E-state index in [1.807, 2.05) is 12.3 Å². The molecule has 1 heterocycles. The van der Waals surface area contributed by atoms with Gasteiger partial charge in [-0.05, 0) is 52.8 Å². The molecule has 0 saturated heterocycles. The zero-order chi connectivity index (χ0) is 21.7. The summed E-state index contributed by atoms with van der Waals surface area (Å²) < 4.78 is 16.3. The first-order valence-electron chi connectivity index (χ1n) is 10.6. The Hall–Kier alpha value is -2.77. The fourth-order valence-electron chi connectivity index (χ4n) is 3.47. The van der Waals surface area contributed by atoms with Gasteiger partial charge in [0.1, 0.15) is 5.78 Å². The fraction of sp³-hybridized carbons (Fsp3) is 0.478. The van der Waals surface area contributed by atoms with Crippen LogP contribution in [-0.2, 0) is 38.3 Å². The molecule has 0 fully saturated rings. The highest BCUT2D eigenvalue weighted by Gasteiger charge is 2.18. The van der Waals surface area contributed by atoms with Gasteiger partial charge in [0.25, 0.3) is 0 Å². The van der Waals surface area contributed by atoms with Crippen molar-refractivity contribution in [1.29, 1.82) is 0 Å². The molecule has 0 bridgehead atoms. The van der Waals surface area contributed by atoms with E-state index in [1.54, 1.807) is 0 Å². The molecule has 0 radical (unpaired) electrons. The van der Waals surface area contributed by atoms with Crippen LogP contribution in [0.25, 0.3) is 21.6 Å². The number of benzene rings is 1. The smallest absolute Gasteiger partial charge is 0.141 e. The summed E-state index contributed by atoms with van der Waals surface area (Å²) in [5.74, 6) is 0.295. The Labute approximate surface area is 182 Å². The lowest BCUT2D eigenvalue weighted by Gasteiger charge is -2.08. The van der Waals surface area contributed by atoms with Gasteiger partial charge in [-0.3, -0.25) is 9.78 Å². The molecule has 1 aromatic heterocycles. The van der Waals surface area contributed by atoms with E-state index in [9.17, 15) is 4.79 Å². The molecule has 0 saturated carbocycles. The van der Waals surface area contributed by atoms with E-state index < -0.39 is 0 Å². The Morgan fingerprint density at radius 2 is 1.61 bits per heavy atom. The van der Waals surface area contributed by atoms with Crippen molar-refractivity contribution < 1.29 is 19.0 Å². The maximum Gasteiger partial charge on any atom is 0.141 e. The number of fused-ring (bicyclic) bond motifs is 1. The second kappa shape index (κ2) is 12.8. The van der Waals surface area contributed by atoms with Crippen LogP contribution in [0.1, 0.15) is 23.2 Å². The Bertz CT molecular complexity index is 912. The maximum absolute atomic E-state index is 11.7. The van der Waals surface area contributed by atoms with Gasteiger partial charge in [0.2, 0.25) is 0 Å². The fourth-order valence-corrected chi connectivity index (χ4v) is 3.47. The van der Waals surface area contributed by atoms with Crippen molar-refractivity contribution in [2.75, 3.05) is 46.2 Å². The van der Waals surface area contributed by atoms with Gasteiger partial charge >= 0.3 is 0 Å². The van der Waals surface area contributed by atoms with Gasteiger partial charge in [-0.15, -0.1) is 0 Å². The number of aryl methyl sites for hydroxylation is 1. The normalized spacial score (nSPS) is 12.6. The highest BCUT2D eigenvalue weighted by atomic mass is 16.5. The molecule has 0 aliphatic heterocycles.